The van der Waals surface area contributed by atoms with Crippen LogP contribution in [0.3, 0.4) is 0 Å². The first kappa shape index (κ1) is 12.9. The molecule has 0 bridgehead atoms. The van der Waals surface area contributed by atoms with Crippen LogP contribution in [0.25, 0.3) is 0 Å². The second-order valence-corrected chi connectivity index (χ2v) is 4.25. The first-order chi connectivity index (χ1) is 8.90. The molecule has 0 aliphatic carbocycles. The largest absolute Gasteiger partial charge is 0.372 e. The van der Waals surface area contributed by atoms with Crippen LogP contribution >= 0.6 is 0 Å². The minimum atomic E-state index is 0.0719. The van der Waals surface area contributed by atoms with Gasteiger partial charge in [-0.15, -0.1) is 0 Å². The highest BCUT2D eigenvalue weighted by molar-refractivity contribution is 5.80. The summed E-state index contributed by atoms with van der Waals surface area (Å²) in [6, 6.07) is 10.3. The number of ether oxygens (including phenoxy) is 1. The van der Waals surface area contributed by atoms with E-state index in [1.807, 2.05) is 25.1 Å². The summed E-state index contributed by atoms with van der Waals surface area (Å²) in [4.78, 5) is 4.39. The third-order valence-corrected chi connectivity index (χ3v) is 2.89. The second-order valence-electron chi connectivity index (χ2n) is 4.25. The van der Waals surface area contributed by atoms with Gasteiger partial charge in [0.25, 0.3) is 0 Å². The van der Waals surface area contributed by atoms with E-state index in [-0.39, 0.29) is 6.10 Å². The Kier molecular flexibility index (Phi) is 5.02. The van der Waals surface area contributed by atoms with Crippen LogP contribution in [0.1, 0.15) is 25.0 Å². The number of benzene rings is 1. The zero-order valence-electron chi connectivity index (χ0n) is 10.9. The van der Waals surface area contributed by atoms with Crippen LogP contribution in [0.15, 0.2) is 35.3 Å². The summed E-state index contributed by atoms with van der Waals surface area (Å²) in [5, 5.41) is 6.57. The van der Waals surface area contributed by atoms with Gasteiger partial charge >= 0.3 is 0 Å². The minimum absolute atomic E-state index is 0.0719. The van der Waals surface area contributed by atoms with Crippen molar-refractivity contribution >= 4 is 5.96 Å². The topological polar surface area (TPSA) is 45.6 Å². The quantitative estimate of drug-likeness (QED) is 0.832. The maximum absolute atomic E-state index is 5.77. The Morgan fingerprint density at radius 3 is 2.89 bits per heavy atom. The number of rotatable bonds is 5. The maximum Gasteiger partial charge on any atom is 0.191 e. The molecule has 0 saturated carbocycles. The molecule has 1 aromatic rings. The van der Waals surface area contributed by atoms with Crippen molar-refractivity contribution in [2.45, 2.75) is 19.4 Å². The van der Waals surface area contributed by atoms with E-state index in [4.69, 9.17) is 4.74 Å². The molecule has 0 fully saturated rings. The molecule has 1 unspecified atom stereocenters. The van der Waals surface area contributed by atoms with Gasteiger partial charge in [-0.2, -0.15) is 0 Å². The SMILES string of the molecule is CCOC(CNC1=NCCCN1)c1ccccc1. The lowest BCUT2D eigenvalue weighted by molar-refractivity contribution is 0.0654. The van der Waals surface area contributed by atoms with E-state index < -0.39 is 0 Å². The van der Waals surface area contributed by atoms with Gasteiger partial charge in [-0.3, -0.25) is 4.99 Å². The van der Waals surface area contributed by atoms with Crippen molar-refractivity contribution in [3.8, 4) is 0 Å². The zero-order valence-corrected chi connectivity index (χ0v) is 10.9. The van der Waals surface area contributed by atoms with Crippen LogP contribution in [0.2, 0.25) is 0 Å². The Morgan fingerprint density at radius 1 is 1.39 bits per heavy atom. The van der Waals surface area contributed by atoms with Gasteiger partial charge in [0.2, 0.25) is 0 Å². The van der Waals surface area contributed by atoms with Crippen molar-refractivity contribution in [2.75, 3.05) is 26.2 Å². The van der Waals surface area contributed by atoms with Gasteiger partial charge in [0.15, 0.2) is 5.96 Å². The van der Waals surface area contributed by atoms with Gasteiger partial charge in [-0.25, -0.2) is 0 Å². The molecule has 2 N–H and O–H groups in total. The molecule has 0 saturated heterocycles. The molecule has 98 valence electrons. The maximum atomic E-state index is 5.77. The Balaban J connectivity index is 1.92. The van der Waals surface area contributed by atoms with Gasteiger partial charge in [0, 0.05) is 26.2 Å². The van der Waals surface area contributed by atoms with E-state index in [2.05, 4.69) is 27.8 Å². The number of nitrogens with one attached hydrogen (secondary N) is 2. The van der Waals surface area contributed by atoms with Crippen LogP contribution < -0.4 is 10.6 Å². The zero-order chi connectivity index (χ0) is 12.6. The van der Waals surface area contributed by atoms with Crippen LogP contribution in [0.4, 0.5) is 0 Å². The average molecular weight is 247 g/mol. The van der Waals surface area contributed by atoms with Crippen LogP contribution in [-0.2, 0) is 4.74 Å². The Labute approximate surface area is 108 Å². The Morgan fingerprint density at radius 2 is 2.22 bits per heavy atom. The standard InChI is InChI=1S/C14H21N3O/c1-2-18-13(12-7-4-3-5-8-12)11-17-14-15-9-6-10-16-14/h3-5,7-8,13H,2,6,9-11H2,1H3,(H2,15,16,17). The van der Waals surface area contributed by atoms with Crippen molar-refractivity contribution in [1.82, 2.24) is 10.6 Å². The molecular weight excluding hydrogens is 226 g/mol. The van der Waals surface area contributed by atoms with Crippen molar-refractivity contribution in [3.05, 3.63) is 35.9 Å². The lowest BCUT2D eigenvalue weighted by atomic mass is 10.1. The van der Waals surface area contributed by atoms with Crippen molar-refractivity contribution < 1.29 is 4.74 Å². The van der Waals surface area contributed by atoms with Gasteiger partial charge in [0.05, 0.1) is 6.10 Å². The third kappa shape index (κ3) is 3.74. The summed E-state index contributed by atoms with van der Waals surface area (Å²) in [6.45, 7) is 5.37. The molecule has 1 aliphatic rings. The lowest BCUT2D eigenvalue weighted by Gasteiger charge is -2.21. The molecule has 0 aromatic heterocycles. The summed E-state index contributed by atoms with van der Waals surface area (Å²) in [7, 11) is 0. The van der Waals surface area contributed by atoms with Crippen LogP contribution in [0, 0.1) is 0 Å². The number of hydrogen-bond acceptors (Lipinski definition) is 4. The number of aliphatic imine (C=N–C) groups is 1. The fraction of sp³-hybridized carbons (Fsp3) is 0.500. The predicted molar refractivity (Wildman–Crippen MR) is 73.7 cm³/mol. The molecule has 1 atom stereocenters. The molecule has 4 nitrogen and oxygen atoms in total. The number of guanidine groups is 1. The van der Waals surface area contributed by atoms with Crippen molar-refractivity contribution in [2.24, 2.45) is 4.99 Å². The molecule has 0 radical (unpaired) electrons. The third-order valence-electron chi connectivity index (χ3n) is 2.89. The van der Waals surface area contributed by atoms with E-state index in [1.54, 1.807) is 0 Å². The van der Waals surface area contributed by atoms with Crippen LogP contribution in [0.5, 0.6) is 0 Å². The molecule has 1 aliphatic heterocycles. The minimum Gasteiger partial charge on any atom is -0.372 e. The highest BCUT2D eigenvalue weighted by atomic mass is 16.5. The molecular formula is C14H21N3O. The highest BCUT2D eigenvalue weighted by Gasteiger charge is 2.12. The van der Waals surface area contributed by atoms with E-state index in [0.29, 0.717) is 6.61 Å². The first-order valence-corrected chi connectivity index (χ1v) is 6.59. The summed E-state index contributed by atoms with van der Waals surface area (Å²) < 4.78 is 5.77. The summed E-state index contributed by atoms with van der Waals surface area (Å²) in [5.74, 6) is 0.891. The summed E-state index contributed by atoms with van der Waals surface area (Å²) in [6.07, 6.45) is 1.18. The van der Waals surface area contributed by atoms with E-state index >= 15 is 0 Å². The van der Waals surface area contributed by atoms with Crippen molar-refractivity contribution in [3.63, 3.8) is 0 Å². The van der Waals surface area contributed by atoms with E-state index in [9.17, 15) is 0 Å². The van der Waals surface area contributed by atoms with E-state index in [0.717, 1.165) is 32.0 Å². The second kappa shape index (κ2) is 7.01. The highest BCUT2D eigenvalue weighted by Crippen LogP contribution is 2.15. The normalized spacial score (nSPS) is 16.6. The molecule has 4 heteroatoms. The molecule has 1 aromatic carbocycles. The first-order valence-electron chi connectivity index (χ1n) is 6.59. The van der Waals surface area contributed by atoms with E-state index in [1.165, 1.54) is 5.56 Å². The monoisotopic (exact) mass is 247 g/mol. The number of nitrogens with zero attached hydrogens (tertiary/aromatic N) is 1. The Bertz CT molecular complexity index is 378. The van der Waals surface area contributed by atoms with Gasteiger partial charge < -0.3 is 15.4 Å². The molecule has 1 heterocycles. The fourth-order valence-corrected chi connectivity index (χ4v) is 1.98. The van der Waals surface area contributed by atoms with Gasteiger partial charge in [-0.05, 0) is 18.9 Å². The summed E-state index contributed by atoms with van der Waals surface area (Å²) >= 11 is 0. The Hall–Kier alpha value is -1.55. The summed E-state index contributed by atoms with van der Waals surface area (Å²) in [5.41, 5.74) is 1.20. The molecule has 0 spiro atoms. The molecule has 0 amide bonds. The fourth-order valence-electron chi connectivity index (χ4n) is 1.98. The molecule has 18 heavy (non-hydrogen) atoms. The smallest absolute Gasteiger partial charge is 0.191 e. The van der Waals surface area contributed by atoms with Gasteiger partial charge in [-0.1, -0.05) is 30.3 Å². The average Bonchev–Trinajstić information content (AvgIpc) is 2.45. The van der Waals surface area contributed by atoms with Crippen LogP contribution in [-0.4, -0.2) is 32.2 Å². The van der Waals surface area contributed by atoms with Gasteiger partial charge in [0.1, 0.15) is 0 Å². The van der Waals surface area contributed by atoms with Crippen molar-refractivity contribution in [1.29, 1.82) is 0 Å². The predicted octanol–water partition coefficient (Wildman–Crippen LogP) is 1.70. The lowest BCUT2D eigenvalue weighted by Crippen LogP contribution is -2.42. The number of hydrogen-bond donors (Lipinski definition) is 2. The molecule has 2 rings (SSSR count).